The van der Waals surface area contributed by atoms with Crippen molar-refractivity contribution >= 4 is 39.2 Å². The summed E-state index contributed by atoms with van der Waals surface area (Å²) in [6, 6.07) is 0. The summed E-state index contributed by atoms with van der Waals surface area (Å²) >= 11 is 3.04. The van der Waals surface area contributed by atoms with Crippen LogP contribution < -0.4 is 5.56 Å². The summed E-state index contributed by atoms with van der Waals surface area (Å²) in [5, 5.41) is 1.45. The molecular formula is C19H25N3O2S2. The second-order valence-corrected chi connectivity index (χ2v) is 9.86. The van der Waals surface area contributed by atoms with Gasteiger partial charge >= 0.3 is 0 Å². The van der Waals surface area contributed by atoms with Gasteiger partial charge in [-0.3, -0.25) is 14.2 Å². The zero-order valence-corrected chi connectivity index (χ0v) is 17.2. The molecule has 2 unspecified atom stereocenters. The van der Waals surface area contributed by atoms with Crippen LogP contribution in [0.5, 0.6) is 0 Å². The number of thiophene rings is 1. The Hall–Kier alpha value is -1.34. The average molecular weight is 392 g/mol. The second kappa shape index (κ2) is 7.00. The molecule has 7 heteroatoms. The zero-order chi connectivity index (χ0) is 18.4. The first-order chi connectivity index (χ1) is 12.4. The minimum atomic E-state index is 0.0320. The Labute approximate surface area is 161 Å². The van der Waals surface area contributed by atoms with Crippen molar-refractivity contribution in [1.82, 2.24) is 14.5 Å². The molecule has 1 saturated heterocycles. The van der Waals surface area contributed by atoms with E-state index < -0.39 is 0 Å². The number of nitrogens with zero attached hydrogens (tertiary/aromatic N) is 3. The number of aryl methyl sites for hydroxylation is 2. The lowest BCUT2D eigenvalue weighted by Crippen LogP contribution is -2.43. The third-order valence-electron chi connectivity index (χ3n) is 5.45. The van der Waals surface area contributed by atoms with Crippen molar-refractivity contribution in [3.8, 4) is 0 Å². The Kier molecular flexibility index (Phi) is 4.86. The first-order valence-electron chi connectivity index (χ1n) is 9.36. The highest BCUT2D eigenvalue weighted by Crippen LogP contribution is 2.35. The van der Waals surface area contributed by atoms with Crippen molar-refractivity contribution in [2.24, 2.45) is 18.9 Å². The molecule has 2 atom stereocenters. The van der Waals surface area contributed by atoms with Crippen LogP contribution >= 0.6 is 23.1 Å². The predicted molar refractivity (Wildman–Crippen MR) is 107 cm³/mol. The zero-order valence-electron chi connectivity index (χ0n) is 15.6. The lowest BCUT2D eigenvalue weighted by molar-refractivity contribution is -0.130. The predicted octanol–water partition coefficient (Wildman–Crippen LogP) is 3.08. The highest BCUT2D eigenvalue weighted by Gasteiger charge is 2.26. The number of piperidine rings is 1. The van der Waals surface area contributed by atoms with Gasteiger partial charge < -0.3 is 4.90 Å². The Balaban J connectivity index is 1.53. The van der Waals surface area contributed by atoms with Crippen LogP contribution in [0.15, 0.2) is 9.95 Å². The van der Waals surface area contributed by atoms with Gasteiger partial charge in [0.1, 0.15) is 4.83 Å². The van der Waals surface area contributed by atoms with E-state index in [1.165, 1.54) is 28.6 Å². The molecule has 0 radical (unpaired) electrons. The van der Waals surface area contributed by atoms with Crippen molar-refractivity contribution in [2.75, 3.05) is 18.8 Å². The SMILES string of the molecule is CC1CC(C)CN(C(=O)CSc2nc3sc4c(c3c(=O)n2C)CCC4)C1. The second-order valence-electron chi connectivity index (χ2n) is 7.83. The molecule has 0 bridgehead atoms. The number of carbonyl (C=O) groups is 1. The average Bonchev–Trinajstić information content (AvgIpc) is 3.16. The highest BCUT2D eigenvalue weighted by atomic mass is 32.2. The molecule has 1 amide bonds. The van der Waals surface area contributed by atoms with Gasteiger partial charge in [0.2, 0.25) is 5.91 Å². The molecular weight excluding hydrogens is 366 g/mol. The van der Waals surface area contributed by atoms with Crippen LogP contribution in [0.1, 0.15) is 37.1 Å². The van der Waals surface area contributed by atoms with Gasteiger partial charge in [-0.1, -0.05) is 25.6 Å². The first kappa shape index (κ1) is 18.0. The van der Waals surface area contributed by atoms with Gasteiger partial charge in [0.25, 0.3) is 5.56 Å². The number of fused-ring (bicyclic) bond motifs is 3. The fourth-order valence-corrected chi connectivity index (χ4v) is 6.50. The lowest BCUT2D eigenvalue weighted by atomic mass is 9.92. The first-order valence-corrected chi connectivity index (χ1v) is 11.2. The van der Waals surface area contributed by atoms with Gasteiger partial charge in [-0.25, -0.2) is 4.98 Å². The molecule has 2 aromatic heterocycles. The van der Waals surface area contributed by atoms with Gasteiger partial charge in [-0.15, -0.1) is 11.3 Å². The number of rotatable bonds is 3. The molecule has 0 aromatic carbocycles. The molecule has 0 N–H and O–H groups in total. The molecule has 1 aliphatic carbocycles. The number of carbonyl (C=O) groups excluding carboxylic acids is 1. The van der Waals surface area contributed by atoms with E-state index in [9.17, 15) is 9.59 Å². The number of amides is 1. The molecule has 0 spiro atoms. The number of hydrogen-bond acceptors (Lipinski definition) is 5. The number of thioether (sulfide) groups is 1. The standard InChI is InChI=1S/C19H25N3O2S2/c1-11-7-12(2)9-22(8-11)15(23)10-25-19-20-17-16(18(24)21(19)3)13-5-4-6-14(13)26-17/h11-12H,4-10H2,1-3H3. The number of hydrogen-bond donors (Lipinski definition) is 0. The van der Waals surface area contributed by atoms with Crippen LogP contribution in [0.4, 0.5) is 0 Å². The monoisotopic (exact) mass is 391 g/mol. The fourth-order valence-electron chi connectivity index (χ4n) is 4.32. The Bertz CT molecular complexity index is 908. The van der Waals surface area contributed by atoms with Gasteiger partial charge in [0.15, 0.2) is 5.16 Å². The van der Waals surface area contributed by atoms with E-state index in [1.807, 2.05) is 4.90 Å². The van der Waals surface area contributed by atoms with Crippen LogP contribution in [-0.2, 0) is 24.7 Å². The summed E-state index contributed by atoms with van der Waals surface area (Å²) in [7, 11) is 1.77. The van der Waals surface area contributed by atoms with Gasteiger partial charge in [-0.2, -0.15) is 0 Å². The smallest absolute Gasteiger partial charge is 0.262 e. The largest absolute Gasteiger partial charge is 0.341 e. The third kappa shape index (κ3) is 3.20. The molecule has 4 rings (SSSR count). The molecule has 1 aliphatic heterocycles. The highest BCUT2D eigenvalue weighted by molar-refractivity contribution is 7.99. The van der Waals surface area contributed by atoms with E-state index in [0.29, 0.717) is 22.7 Å². The quantitative estimate of drug-likeness (QED) is 0.596. The van der Waals surface area contributed by atoms with Crippen molar-refractivity contribution in [1.29, 1.82) is 0 Å². The van der Waals surface area contributed by atoms with Crippen LogP contribution in [-0.4, -0.2) is 39.2 Å². The summed E-state index contributed by atoms with van der Waals surface area (Å²) in [6.45, 7) is 6.09. The van der Waals surface area contributed by atoms with Crippen LogP contribution in [0.2, 0.25) is 0 Å². The Morgan fingerprint density at radius 1 is 1.27 bits per heavy atom. The molecule has 26 heavy (non-hydrogen) atoms. The van der Waals surface area contributed by atoms with E-state index in [4.69, 9.17) is 4.98 Å². The topological polar surface area (TPSA) is 55.2 Å². The molecule has 3 heterocycles. The molecule has 5 nitrogen and oxygen atoms in total. The minimum absolute atomic E-state index is 0.0320. The van der Waals surface area contributed by atoms with Crippen LogP contribution in [0.25, 0.3) is 10.2 Å². The van der Waals surface area contributed by atoms with E-state index >= 15 is 0 Å². The number of aromatic nitrogens is 2. The van der Waals surface area contributed by atoms with Gasteiger partial charge in [0, 0.05) is 25.0 Å². The summed E-state index contributed by atoms with van der Waals surface area (Å²) in [5.41, 5.74) is 1.24. The van der Waals surface area contributed by atoms with Crippen molar-refractivity contribution in [3.05, 3.63) is 20.8 Å². The van der Waals surface area contributed by atoms with E-state index in [-0.39, 0.29) is 11.5 Å². The van der Waals surface area contributed by atoms with Crippen LogP contribution in [0.3, 0.4) is 0 Å². The maximum atomic E-state index is 12.8. The lowest BCUT2D eigenvalue weighted by Gasteiger charge is -2.35. The van der Waals surface area contributed by atoms with Crippen molar-refractivity contribution in [3.63, 3.8) is 0 Å². The Morgan fingerprint density at radius 3 is 2.73 bits per heavy atom. The maximum Gasteiger partial charge on any atom is 0.262 e. The molecule has 140 valence electrons. The van der Waals surface area contributed by atoms with E-state index in [1.54, 1.807) is 23.0 Å². The summed E-state index contributed by atoms with van der Waals surface area (Å²) in [5.74, 6) is 1.60. The van der Waals surface area contributed by atoms with E-state index in [0.717, 1.165) is 42.6 Å². The number of likely N-dealkylation sites (tertiary alicyclic amines) is 1. The summed E-state index contributed by atoms with van der Waals surface area (Å²) in [6.07, 6.45) is 4.37. The molecule has 2 aromatic rings. The fraction of sp³-hybridized carbons (Fsp3) is 0.632. The van der Waals surface area contributed by atoms with Crippen molar-refractivity contribution in [2.45, 2.75) is 44.7 Å². The molecule has 2 aliphatic rings. The minimum Gasteiger partial charge on any atom is -0.341 e. The van der Waals surface area contributed by atoms with E-state index in [2.05, 4.69) is 13.8 Å². The molecule has 0 saturated carbocycles. The maximum absolute atomic E-state index is 12.8. The summed E-state index contributed by atoms with van der Waals surface area (Å²) < 4.78 is 1.62. The third-order valence-corrected chi connectivity index (χ3v) is 7.65. The molecule has 1 fully saturated rings. The van der Waals surface area contributed by atoms with Crippen LogP contribution in [0, 0.1) is 11.8 Å². The van der Waals surface area contributed by atoms with Gasteiger partial charge in [-0.05, 0) is 43.1 Å². The normalized spacial score (nSPS) is 22.8. The summed E-state index contributed by atoms with van der Waals surface area (Å²) in [4.78, 5) is 34.3. The van der Waals surface area contributed by atoms with Crippen molar-refractivity contribution < 1.29 is 4.79 Å². The Morgan fingerprint density at radius 2 is 2.00 bits per heavy atom. The van der Waals surface area contributed by atoms with Gasteiger partial charge in [0.05, 0.1) is 11.1 Å².